The maximum absolute atomic E-state index is 11.5. The second-order valence-electron chi connectivity index (χ2n) is 3.80. The van der Waals surface area contributed by atoms with Gasteiger partial charge in [0, 0.05) is 11.8 Å². The minimum absolute atomic E-state index is 0.0554. The Balaban J connectivity index is 2.83. The van der Waals surface area contributed by atoms with Gasteiger partial charge >= 0.3 is 17.7 Å². The van der Waals surface area contributed by atoms with E-state index in [1.165, 1.54) is 26.2 Å². The molecule has 0 bridgehead atoms. The normalized spacial score (nSPS) is 11.3. The van der Waals surface area contributed by atoms with E-state index in [9.17, 15) is 19.7 Å². The van der Waals surface area contributed by atoms with Crippen molar-refractivity contribution in [1.82, 2.24) is 5.32 Å². The lowest BCUT2D eigenvalue weighted by Crippen LogP contribution is -2.40. The number of nitrogens with zero attached hydrogens (tertiary/aromatic N) is 1. The number of carboxylic acid groups (broad SMARTS) is 1. The molecular weight excluding hydrogens is 270 g/mol. The number of carboxylic acids is 1. The number of methoxy groups -OCH3 is 1. The summed E-state index contributed by atoms with van der Waals surface area (Å²) < 4.78 is 4.81. The first kappa shape index (κ1) is 15.2. The fraction of sp³-hybridized carbons (Fsp3) is 0.273. The third-order valence-corrected chi connectivity index (χ3v) is 2.35. The number of anilines is 1. The van der Waals surface area contributed by atoms with Gasteiger partial charge in [0.2, 0.25) is 0 Å². The molecule has 3 N–H and O–H groups in total. The lowest BCUT2D eigenvalue weighted by atomic mass is 10.2. The molecule has 9 nitrogen and oxygen atoms in total. The Hall–Kier alpha value is -2.84. The minimum atomic E-state index is -1.19. The second kappa shape index (κ2) is 6.36. The number of urea groups is 1. The molecule has 1 atom stereocenters. The Morgan fingerprint density at radius 3 is 2.60 bits per heavy atom. The van der Waals surface area contributed by atoms with Gasteiger partial charge in [0.1, 0.15) is 6.04 Å². The van der Waals surface area contributed by atoms with Gasteiger partial charge in [-0.2, -0.15) is 0 Å². The van der Waals surface area contributed by atoms with Gasteiger partial charge in [-0.3, -0.25) is 14.9 Å². The summed E-state index contributed by atoms with van der Waals surface area (Å²) in [6.45, 7) is 1.29. The van der Waals surface area contributed by atoms with Crippen molar-refractivity contribution >= 4 is 23.4 Å². The van der Waals surface area contributed by atoms with Crippen LogP contribution in [0.1, 0.15) is 6.92 Å². The van der Waals surface area contributed by atoms with Crippen LogP contribution in [0.2, 0.25) is 0 Å². The summed E-state index contributed by atoms with van der Waals surface area (Å²) in [6, 6.07) is 1.98. The van der Waals surface area contributed by atoms with E-state index in [0.717, 1.165) is 6.07 Å². The summed E-state index contributed by atoms with van der Waals surface area (Å²) in [5.41, 5.74) is -0.163. The second-order valence-corrected chi connectivity index (χ2v) is 3.80. The smallest absolute Gasteiger partial charge is 0.325 e. The van der Waals surface area contributed by atoms with Crippen molar-refractivity contribution in [3.05, 3.63) is 28.3 Å². The van der Waals surface area contributed by atoms with Crippen molar-refractivity contribution in [3.8, 4) is 5.75 Å². The number of ether oxygens (including phenoxy) is 1. The molecule has 108 valence electrons. The number of nitro benzene ring substituents is 1. The number of carbonyl (C=O) groups is 2. The molecule has 1 rings (SSSR count). The molecule has 0 heterocycles. The molecule has 9 heteroatoms. The van der Waals surface area contributed by atoms with Crippen LogP contribution < -0.4 is 15.4 Å². The fourth-order valence-electron chi connectivity index (χ4n) is 1.34. The van der Waals surface area contributed by atoms with Crippen molar-refractivity contribution in [2.75, 3.05) is 12.4 Å². The number of hydrogen-bond donors (Lipinski definition) is 3. The van der Waals surface area contributed by atoms with E-state index in [-0.39, 0.29) is 17.1 Å². The van der Waals surface area contributed by atoms with Crippen molar-refractivity contribution < 1.29 is 24.4 Å². The van der Waals surface area contributed by atoms with Crippen LogP contribution in [0.5, 0.6) is 5.75 Å². The molecule has 0 aliphatic carbocycles. The number of nitrogens with one attached hydrogen (secondary N) is 2. The summed E-state index contributed by atoms with van der Waals surface area (Å²) in [4.78, 5) is 32.2. The number of amides is 2. The van der Waals surface area contributed by atoms with Crippen molar-refractivity contribution in [1.29, 1.82) is 0 Å². The molecule has 1 aromatic carbocycles. The van der Waals surface area contributed by atoms with E-state index < -0.39 is 23.0 Å². The van der Waals surface area contributed by atoms with Crippen LogP contribution in [0.4, 0.5) is 16.2 Å². The first-order valence-corrected chi connectivity index (χ1v) is 5.48. The average Bonchev–Trinajstić information content (AvgIpc) is 2.38. The predicted molar refractivity (Wildman–Crippen MR) is 68.9 cm³/mol. The van der Waals surface area contributed by atoms with E-state index >= 15 is 0 Å². The topological polar surface area (TPSA) is 131 Å². The highest BCUT2D eigenvalue weighted by molar-refractivity contribution is 5.92. The van der Waals surface area contributed by atoms with E-state index in [2.05, 4.69) is 10.6 Å². The standard InChI is InChI=1S/C11H13N3O6/c1-6(10(15)16)12-11(17)13-7-3-4-9(20-2)8(5-7)14(18)19/h3-6H,1-2H3,(H,15,16)(H2,12,13,17)/t6-/m1/s1. The highest BCUT2D eigenvalue weighted by Gasteiger charge is 2.17. The summed E-state index contributed by atoms with van der Waals surface area (Å²) in [6.07, 6.45) is 0. The van der Waals surface area contributed by atoms with E-state index in [0.29, 0.717) is 0 Å². The molecule has 0 aromatic heterocycles. The zero-order valence-electron chi connectivity index (χ0n) is 10.7. The number of benzene rings is 1. The fourth-order valence-corrected chi connectivity index (χ4v) is 1.34. The highest BCUT2D eigenvalue weighted by Crippen LogP contribution is 2.29. The number of carbonyl (C=O) groups excluding carboxylic acids is 1. The van der Waals surface area contributed by atoms with Crippen LogP contribution in [0.3, 0.4) is 0 Å². The Morgan fingerprint density at radius 2 is 2.10 bits per heavy atom. The summed E-state index contributed by atoms with van der Waals surface area (Å²) in [7, 11) is 1.29. The van der Waals surface area contributed by atoms with Gasteiger partial charge in [0.15, 0.2) is 5.75 Å². The predicted octanol–water partition coefficient (Wildman–Crippen LogP) is 1.20. The molecule has 0 fully saturated rings. The van der Waals surface area contributed by atoms with Crippen LogP contribution in [0.25, 0.3) is 0 Å². The number of rotatable bonds is 5. The average molecular weight is 283 g/mol. The van der Waals surface area contributed by atoms with E-state index in [1.54, 1.807) is 0 Å². The van der Waals surface area contributed by atoms with Crippen LogP contribution in [-0.2, 0) is 4.79 Å². The first-order valence-electron chi connectivity index (χ1n) is 5.48. The van der Waals surface area contributed by atoms with Gasteiger partial charge in [-0.15, -0.1) is 0 Å². The molecule has 0 unspecified atom stereocenters. The van der Waals surface area contributed by atoms with E-state index in [4.69, 9.17) is 9.84 Å². The molecule has 0 aliphatic rings. The van der Waals surface area contributed by atoms with Gasteiger partial charge < -0.3 is 20.5 Å². The third kappa shape index (κ3) is 3.83. The lowest BCUT2D eigenvalue weighted by molar-refractivity contribution is -0.385. The molecule has 2 amide bonds. The van der Waals surface area contributed by atoms with Gasteiger partial charge in [0.25, 0.3) is 0 Å². The van der Waals surface area contributed by atoms with Crippen molar-refractivity contribution in [3.63, 3.8) is 0 Å². The van der Waals surface area contributed by atoms with Gasteiger partial charge in [0.05, 0.1) is 12.0 Å². The molecule has 0 radical (unpaired) electrons. The molecule has 0 saturated carbocycles. The maximum Gasteiger partial charge on any atom is 0.325 e. The Morgan fingerprint density at radius 1 is 1.45 bits per heavy atom. The highest BCUT2D eigenvalue weighted by atomic mass is 16.6. The lowest BCUT2D eigenvalue weighted by Gasteiger charge is -2.11. The quantitative estimate of drug-likeness (QED) is 0.549. The summed E-state index contributed by atoms with van der Waals surface area (Å²) >= 11 is 0. The van der Waals surface area contributed by atoms with Gasteiger partial charge in [-0.1, -0.05) is 0 Å². The molecule has 0 aliphatic heterocycles. The Kier molecular flexibility index (Phi) is 4.84. The van der Waals surface area contributed by atoms with Crippen LogP contribution in [0.15, 0.2) is 18.2 Å². The van der Waals surface area contributed by atoms with Gasteiger partial charge in [-0.25, -0.2) is 4.79 Å². The molecule has 0 saturated heterocycles. The van der Waals surface area contributed by atoms with Crippen LogP contribution in [0, 0.1) is 10.1 Å². The zero-order chi connectivity index (χ0) is 15.3. The third-order valence-electron chi connectivity index (χ3n) is 2.35. The molecule has 0 spiro atoms. The summed E-state index contributed by atoms with van der Waals surface area (Å²) in [5.74, 6) is -1.14. The van der Waals surface area contributed by atoms with Crippen LogP contribution in [-0.4, -0.2) is 35.2 Å². The van der Waals surface area contributed by atoms with Gasteiger partial charge in [-0.05, 0) is 19.1 Å². The summed E-state index contributed by atoms with van der Waals surface area (Å²) in [5, 5.41) is 23.9. The number of aliphatic carboxylic acids is 1. The monoisotopic (exact) mass is 283 g/mol. The van der Waals surface area contributed by atoms with Crippen LogP contribution >= 0.6 is 0 Å². The molecule has 20 heavy (non-hydrogen) atoms. The molecular formula is C11H13N3O6. The van der Waals surface area contributed by atoms with Crippen molar-refractivity contribution in [2.24, 2.45) is 0 Å². The minimum Gasteiger partial charge on any atom is -0.490 e. The largest absolute Gasteiger partial charge is 0.490 e. The first-order chi connectivity index (χ1) is 9.35. The van der Waals surface area contributed by atoms with Crippen molar-refractivity contribution in [2.45, 2.75) is 13.0 Å². The molecule has 1 aromatic rings. The number of hydrogen-bond acceptors (Lipinski definition) is 5. The van der Waals surface area contributed by atoms with E-state index in [1.807, 2.05) is 0 Å². The Labute approximate surface area is 113 Å². The maximum atomic E-state index is 11.5. The zero-order valence-corrected chi connectivity index (χ0v) is 10.7. The SMILES string of the molecule is COc1ccc(NC(=O)N[C@H](C)C(=O)O)cc1[N+](=O)[O-]. The number of nitro groups is 1. The Bertz CT molecular complexity index is 545.